The average molecular weight is 1960 g/mol. The van der Waals surface area contributed by atoms with Gasteiger partial charge in [0.1, 0.15) is 13.5 Å². The lowest BCUT2D eigenvalue weighted by Gasteiger charge is -2.11. The zero-order valence-corrected chi connectivity index (χ0v) is 88.0. The van der Waals surface area contributed by atoms with Gasteiger partial charge in [-0.15, -0.1) is 0 Å². The summed E-state index contributed by atoms with van der Waals surface area (Å²) in [5.41, 5.74) is 32.4. The lowest BCUT2D eigenvalue weighted by molar-refractivity contribution is -0.122. The Morgan fingerprint density at radius 2 is 0.437 bits per heavy atom. The summed E-state index contributed by atoms with van der Waals surface area (Å²) in [5.74, 6) is -0.244. The van der Waals surface area contributed by atoms with Gasteiger partial charge in [-0.3, -0.25) is 56.4 Å². The summed E-state index contributed by atoms with van der Waals surface area (Å²) in [6, 6.07) is 0. The second-order valence-corrected chi connectivity index (χ2v) is 31.6. The van der Waals surface area contributed by atoms with Gasteiger partial charge in [-0.05, 0) is 213 Å². The highest BCUT2D eigenvalue weighted by atomic mass is 16.5. The first-order chi connectivity index (χ1) is 65.7. The Labute approximate surface area is 820 Å². The lowest BCUT2D eigenvalue weighted by Crippen LogP contribution is -2.33. The van der Waals surface area contributed by atoms with Gasteiger partial charge in [-0.1, -0.05) is 133 Å². The molecule has 4 amide bonds. The minimum Gasteiger partial charge on any atom is -0.396 e. The van der Waals surface area contributed by atoms with Crippen molar-refractivity contribution in [2.24, 2.45) is 68.1 Å². The lowest BCUT2D eigenvalue weighted by atomic mass is 9.99. The zero-order chi connectivity index (χ0) is 102. The summed E-state index contributed by atoms with van der Waals surface area (Å²) in [4.78, 5) is 52.0. The van der Waals surface area contributed by atoms with Crippen LogP contribution in [0.15, 0.2) is 9.98 Å². The predicted molar refractivity (Wildman–Crippen MR) is 548 cm³/mol. The van der Waals surface area contributed by atoms with E-state index in [-0.39, 0.29) is 93.8 Å². The van der Waals surface area contributed by atoms with E-state index in [4.69, 9.17) is 122 Å². The maximum atomic E-state index is 11.0. The Kier molecular flexibility index (Phi) is 156. The Morgan fingerprint density at radius 3 is 0.659 bits per heavy atom. The van der Waals surface area contributed by atoms with Gasteiger partial charge in [0, 0.05) is 125 Å². The van der Waals surface area contributed by atoms with Gasteiger partial charge < -0.3 is 132 Å². The Hall–Kier alpha value is -4.58. The number of aliphatic imine (C=N–C) groups is 2. The average Bonchev–Trinajstić information content (AvgIpc) is 0.995. The number of hydrogen-bond donors (Lipinski definition) is 20. The quantitative estimate of drug-likeness (QED) is 0.0118. The molecule has 39 heteroatoms. The number of rotatable bonds is 94. The van der Waals surface area contributed by atoms with E-state index >= 15 is 0 Å². The molecule has 0 radical (unpaired) electrons. The fraction of sp³-hybridized carbons (Fsp3) is 0.938. The number of amides is 4. The molecule has 39 nitrogen and oxygen atoms in total. The molecular weight excluding hydrogens is 1740 g/mol. The van der Waals surface area contributed by atoms with Crippen LogP contribution in [0.25, 0.3) is 0 Å². The number of methoxy groups -OCH3 is 4. The number of unbranched alkanes of at least 4 members (excludes halogenated alkanes) is 11. The summed E-state index contributed by atoms with van der Waals surface area (Å²) in [5, 5.41) is 70.6. The normalized spacial score (nSPS) is 11.8. The van der Waals surface area contributed by atoms with E-state index in [1.165, 1.54) is 89.9 Å². The molecule has 0 spiro atoms. The van der Waals surface area contributed by atoms with Crippen LogP contribution in [0, 0.1) is 23.7 Å². The molecule has 0 bridgehead atoms. The number of aliphatic hydroxyl groups excluding tert-OH is 5. The van der Waals surface area contributed by atoms with Crippen LogP contribution in [0.2, 0.25) is 0 Å². The van der Waals surface area contributed by atoms with Gasteiger partial charge in [0.05, 0.1) is 107 Å². The molecule has 0 aromatic rings. The molecule has 0 aliphatic heterocycles. The van der Waals surface area contributed by atoms with Crippen LogP contribution in [0.4, 0.5) is 0 Å². The Bertz CT molecular complexity index is 2150. The standard InChI is InChI=1S/C13H28N4O3.C13H28N2O3.C12H26N4O3.C12H26N2O3.2C10H23NO2.2C9H21NO2.C8H19NO2/c1-3-11(12(14)18)6-4-7-16-13(15)17-10-20-9-5-8-19-2;1-3-12(13(14)16)7-4-5-8-15-11-18-10-6-9-17-2;1-2-10(11(13)18)5-3-6-15-12(14)16-9-19-8-4-7-17;1-2-11(12(13)16)6-3-4-7-14-10-17-9-5-8-15;1-3-4-5-7-11-10-13-9-6-8-12-2;1-2-3-4-5-7-11-10-13-9-6-8-12;1-3-4-6-10-9-12-8-5-7-11-2;1-2-3-4-6-10-9-12-8-5-7-11;1-2-3-5-9-8-11-7-4-6-10/h11H,3-10H2,1-2H3,(H2,14,18)(H3,15,16,17);12,15H,3-11H2,1-2H3,(H2,14,16);10,17H,2-9H2,1H3,(H2,13,18)(H3,14,15,16);11,14-15H,2-10H2,1H3,(H2,13,16);11H,3-10H2,1-2H3;11-12H,2-10H2,1H3;10H,3-9H2,1-2H3;10-11H,2-9H2,1H3;9-10H,2-8H2,1H3. The number of aliphatic hydroxyl groups is 5. The number of nitrogens with zero attached hydrogens (tertiary/aromatic N) is 2. The fourth-order valence-corrected chi connectivity index (χ4v) is 10.9. The molecule has 0 aliphatic carbocycles. The van der Waals surface area contributed by atoms with Crippen molar-refractivity contribution in [3.63, 3.8) is 0 Å². The van der Waals surface area contributed by atoms with Crippen LogP contribution in [0.5, 0.6) is 0 Å². The molecule has 0 saturated heterocycles. The Balaban J connectivity index is -0.000000190. The molecule has 0 aromatic carbocycles. The molecule has 0 aliphatic rings. The highest BCUT2D eigenvalue weighted by Gasteiger charge is 2.15. The SMILES string of the molecule is CCC(CCCCNCOCCCO)C(N)=O.CCC(CCCCNCOCCCOC)C(N)=O.CCC(CCCNC(N)=NCOCCCO)C(N)=O.CCC(CCCNC(N)=NCOCCCOC)C(N)=O.CCCCCCNCOCCCO.CCCCCNCOCCCO.CCCCCNCOCCCOC.CCCCNCOCCCO.CCCCNCOCCCOC. The molecule has 0 fully saturated rings. The zero-order valence-electron chi connectivity index (χ0n) is 88.0. The van der Waals surface area contributed by atoms with Crippen molar-refractivity contribution in [1.82, 2.24) is 47.9 Å². The smallest absolute Gasteiger partial charge is 0.220 e. The van der Waals surface area contributed by atoms with E-state index in [1.54, 1.807) is 28.4 Å². The summed E-state index contributed by atoms with van der Waals surface area (Å²) in [7, 11) is 6.76. The van der Waals surface area contributed by atoms with Crippen molar-refractivity contribution >= 4 is 35.5 Å². The third-order valence-electron chi connectivity index (χ3n) is 19.4. The van der Waals surface area contributed by atoms with E-state index in [2.05, 4.69) is 92.5 Å². The highest BCUT2D eigenvalue weighted by Crippen LogP contribution is 2.14. The first-order valence-electron chi connectivity index (χ1n) is 51.1. The van der Waals surface area contributed by atoms with Crippen molar-refractivity contribution in [3.8, 4) is 0 Å². The third-order valence-corrected chi connectivity index (χ3v) is 19.4. The van der Waals surface area contributed by atoms with Crippen molar-refractivity contribution < 1.29 is 106 Å². The minimum absolute atomic E-state index is 0.0239. The van der Waals surface area contributed by atoms with E-state index in [0.29, 0.717) is 131 Å². The molecule has 4 atom stereocenters. The first-order valence-corrected chi connectivity index (χ1v) is 51.1. The van der Waals surface area contributed by atoms with Crippen molar-refractivity contribution in [2.45, 2.75) is 300 Å². The van der Waals surface area contributed by atoms with Gasteiger partial charge in [-0.2, -0.15) is 0 Å². The van der Waals surface area contributed by atoms with Crippen molar-refractivity contribution in [3.05, 3.63) is 0 Å². The first kappa shape index (κ1) is 148. The van der Waals surface area contributed by atoms with Crippen molar-refractivity contribution in [1.29, 1.82) is 0 Å². The fourth-order valence-electron chi connectivity index (χ4n) is 10.9. The van der Waals surface area contributed by atoms with Gasteiger partial charge in [0.15, 0.2) is 11.9 Å². The van der Waals surface area contributed by atoms with Gasteiger partial charge >= 0.3 is 0 Å². The van der Waals surface area contributed by atoms with Crippen LogP contribution in [-0.2, 0) is 80.8 Å². The summed E-state index contributed by atoms with van der Waals surface area (Å²) in [6.45, 7) is 41.7. The molecule has 26 N–H and O–H groups in total. The molecule has 0 saturated carbocycles. The predicted octanol–water partition coefficient (Wildman–Crippen LogP) is 8.15. The van der Waals surface area contributed by atoms with Crippen LogP contribution in [0.1, 0.15) is 300 Å². The summed E-state index contributed by atoms with van der Waals surface area (Å²) < 4.78 is 66.7. The van der Waals surface area contributed by atoms with Crippen LogP contribution in [0.3, 0.4) is 0 Å². The number of nitrogens with one attached hydrogen (secondary N) is 9. The number of guanidine groups is 2. The number of primary amides is 4. The number of nitrogens with two attached hydrogens (primary N) is 6. The van der Waals surface area contributed by atoms with Crippen LogP contribution < -0.4 is 82.3 Å². The van der Waals surface area contributed by atoms with Crippen LogP contribution >= 0.6 is 0 Å². The van der Waals surface area contributed by atoms with Gasteiger partial charge in [0.25, 0.3) is 0 Å². The molecule has 4 unspecified atom stereocenters. The number of hydrogen-bond acceptors (Lipinski definition) is 31. The summed E-state index contributed by atoms with van der Waals surface area (Å²) >= 11 is 0. The van der Waals surface area contributed by atoms with E-state index in [0.717, 1.165) is 220 Å². The second kappa shape index (κ2) is 142. The van der Waals surface area contributed by atoms with E-state index in [1.807, 2.05) is 27.7 Å². The molecule has 0 heterocycles. The van der Waals surface area contributed by atoms with Crippen molar-refractivity contribution in [2.75, 3.05) is 267 Å². The third kappa shape index (κ3) is 152. The van der Waals surface area contributed by atoms with E-state index in [9.17, 15) is 19.2 Å². The highest BCUT2D eigenvalue weighted by molar-refractivity contribution is 5.79. The maximum Gasteiger partial charge on any atom is 0.220 e. The number of carbonyl (C=O) groups excluding carboxylic acids is 4. The monoisotopic (exact) mass is 1960 g/mol. The van der Waals surface area contributed by atoms with Gasteiger partial charge in [0.2, 0.25) is 23.6 Å². The molecule has 816 valence electrons. The van der Waals surface area contributed by atoms with E-state index < -0.39 is 0 Å². The Morgan fingerprint density at radius 1 is 0.237 bits per heavy atom. The molecule has 135 heavy (non-hydrogen) atoms. The topological polar surface area (TPSA) is 579 Å². The second-order valence-electron chi connectivity index (χ2n) is 31.6. The number of carbonyl (C=O) groups is 4. The largest absolute Gasteiger partial charge is 0.396 e. The van der Waals surface area contributed by atoms with Crippen LogP contribution in [-0.4, -0.2) is 328 Å². The molecular formula is C96H215N17O22. The number of ether oxygens (including phenoxy) is 13. The maximum absolute atomic E-state index is 11.0. The van der Waals surface area contributed by atoms with Gasteiger partial charge in [-0.25, -0.2) is 9.98 Å². The molecule has 0 aromatic heterocycles. The minimum atomic E-state index is -0.249. The summed E-state index contributed by atoms with van der Waals surface area (Å²) in [6.07, 6.45) is 37.0. The molecule has 0 rings (SSSR count).